The van der Waals surface area contributed by atoms with Gasteiger partial charge < -0.3 is 10.1 Å². The lowest BCUT2D eigenvalue weighted by Gasteiger charge is -2.09. The number of hydrogen-bond acceptors (Lipinski definition) is 5. The number of amides is 1. The Kier molecular flexibility index (Phi) is 7.02. The van der Waals surface area contributed by atoms with Crippen LogP contribution in [-0.4, -0.2) is 33.5 Å². The van der Waals surface area contributed by atoms with Crippen molar-refractivity contribution in [2.75, 3.05) is 12.9 Å². The summed E-state index contributed by atoms with van der Waals surface area (Å²) in [4.78, 5) is 12.2. The Morgan fingerprint density at radius 1 is 1.21 bits per heavy atom. The van der Waals surface area contributed by atoms with Crippen molar-refractivity contribution in [3.63, 3.8) is 0 Å². The van der Waals surface area contributed by atoms with Crippen molar-refractivity contribution in [2.24, 2.45) is 0 Å². The second-order valence-electron chi connectivity index (χ2n) is 6.13. The van der Waals surface area contributed by atoms with Crippen molar-refractivity contribution in [2.45, 2.75) is 18.2 Å². The number of hydrogen-bond donors (Lipinski definition) is 1. The predicted molar refractivity (Wildman–Crippen MR) is 111 cm³/mol. The number of aromatic nitrogens is 3. The number of nitrogens with one attached hydrogen (secondary N) is 1. The van der Waals surface area contributed by atoms with Crippen molar-refractivity contribution >= 4 is 17.7 Å². The summed E-state index contributed by atoms with van der Waals surface area (Å²) < 4.78 is 20.0. The fraction of sp³-hybridized carbons (Fsp3) is 0.190. The van der Waals surface area contributed by atoms with E-state index in [1.165, 1.54) is 23.9 Å². The minimum absolute atomic E-state index is 0.140. The van der Waals surface area contributed by atoms with Crippen LogP contribution in [0.1, 0.15) is 5.56 Å². The molecule has 3 rings (SSSR count). The number of rotatable bonds is 9. The minimum atomic E-state index is -0.301. The van der Waals surface area contributed by atoms with E-state index < -0.39 is 0 Å². The highest BCUT2D eigenvalue weighted by Crippen LogP contribution is 2.25. The van der Waals surface area contributed by atoms with Crippen molar-refractivity contribution in [3.8, 4) is 17.1 Å². The van der Waals surface area contributed by atoms with Gasteiger partial charge in [-0.2, -0.15) is 0 Å². The number of thioether (sulfide) groups is 1. The van der Waals surface area contributed by atoms with E-state index in [2.05, 4.69) is 22.1 Å². The van der Waals surface area contributed by atoms with Crippen molar-refractivity contribution < 1.29 is 13.9 Å². The third-order valence-corrected chi connectivity index (χ3v) is 5.08. The normalized spacial score (nSPS) is 10.6. The molecule has 3 aromatic rings. The first-order chi connectivity index (χ1) is 14.1. The van der Waals surface area contributed by atoms with Gasteiger partial charge in [0.2, 0.25) is 5.91 Å². The van der Waals surface area contributed by atoms with E-state index in [-0.39, 0.29) is 17.5 Å². The highest BCUT2D eigenvalue weighted by atomic mass is 32.2. The van der Waals surface area contributed by atoms with Gasteiger partial charge in [0, 0.05) is 18.7 Å². The number of methoxy groups -OCH3 is 1. The van der Waals surface area contributed by atoms with E-state index in [4.69, 9.17) is 4.74 Å². The molecule has 1 aromatic heterocycles. The van der Waals surface area contributed by atoms with Crippen LogP contribution < -0.4 is 10.1 Å². The van der Waals surface area contributed by atoms with Gasteiger partial charge in [-0.25, -0.2) is 4.39 Å². The number of ether oxygens (including phenoxy) is 1. The van der Waals surface area contributed by atoms with Gasteiger partial charge in [-0.3, -0.25) is 9.36 Å². The molecule has 1 N–H and O–H groups in total. The lowest BCUT2D eigenvalue weighted by Crippen LogP contribution is -2.24. The lowest BCUT2D eigenvalue weighted by atomic mass is 10.2. The maximum atomic E-state index is 12.9. The molecule has 0 aliphatic rings. The summed E-state index contributed by atoms with van der Waals surface area (Å²) in [7, 11) is 1.62. The molecule has 1 heterocycles. The van der Waals surface area contributed by atoms with Gasteiger partial charge in [0.05, 0.1) is 12.9 Å². The third-order valence-electron chi connectivity index (χ3n) is 4.11. The summed E-state index contributed by atoms with van der Waals surface area (Å²) in [6.45, 7) is 4.66. The molecule has 0 aliphatic heterocycles. The Bertz CT molecular complexity index is 971. The molecule has 29 heavy (non-hydrogen) atoms. The van der Waals surface area contributed by atoms with E-state index in [0.29, 0.717) is 24.1 Å². The Hall–Kier alpha value is -3.13. The quantitative estimate of drug-likeness (QED) is 0.429. The number of allylic oxidation sites excluding steroid dienone is 1. The van der Waals surface area contributed by atoms with Gasteiger partial charge in [-0.15, -0.1) is 16.8 Å². The number of carbonyl (C=O) groups is 1. The Morgan fingerprint density at radius 3 is 2.59 bits per heavy atom. The molecule has 6 nitrogen and oxygen atoms in total. The molecular formula is C21H21FN4O2S. The van der Waals surface area contributed by atoms with Crippen molar-refractivity contribution in [3.05, 3.63) is 72.6 Å². The summed E-state index contributed by atoms with van der Waals surface area (Å²) in [6, 6.07) is 13.6. The standard InChI is InChI=1S/C21H21FN4O2S/c1-3-12-26-20(16-6-10-18(28-2)11-7-16)24-25-21(26)29-14-19(27)23-13-15-4-8-17(22)9-5-15/h3-11H,1,12-14H2,2H3,(H,23,27). The van der Waals surface area contributed by atoms with E-state index >= 15 is 0 Å². The molecule has 0 fully saturated rings. The largest absolute Gasteiger partial charge is 0.497 e. The van der Waals surface area contributed by atoms with Crippen LogP contribution in [-0.2, 0) is 17.9 Å². The van der Waals surface area contributed by atoms with E-state index in [0.717, 1.165) is 16.9 Å². The average molecular weight is 412 g/mol. The number of nitrogens with zero attached hydrogens (tertiary/aromatic N) is 3. The van der Waals surface area contributed by atoms with Crippen LogP contribution in [0.4, 0.5) is 4.39 Å². The maximum absolute atomic E-state index is 12.9. The molecule has 150 valence electrons. The van der Waals surface area contributed by atoms with Crippen molar-refractivity contribution in [1.29, 1.82) is 0 Å². The van der Waals surface area contributed by atoms with Crippen LogP contribution >= 0.6 is 11.8 Å². The smallest absolute Gasteiger partial charge is 0.230 e. The Morgan fingerprint density at radius 2 is 1.93 bits per heavy atom. The van der Waals surface area contributed by atoms with E-state index in [9.17, 15) is 9.18 Å². The molecule has 2 aromatic carbocycles. The fourth-order valence-electron chi connectivity index (χ4n) is 2.63. The molecule has 0 radical (unpaired) electrons. The monoisotopic (exact) mass is 412 g/mol. The van der Waals surface area contributed by atoms with Crippen LogP contribution in [0.3, 0.4) is 0 Å². The highest BCUT2D eigenvalue weighted by molar-refractivity contribution is 7.99. The van der Waals surface area contributed by atoms with Crippen LogP contribution in [0.5, 0.6) is 5.75 Å². The molecule has 0 unspecified atom stereocenters. The molecule has 1 amide bonds. The summed E-state index contributed by atoms with van der Waals surface area (Å²) in [5.41, 5.74) is 1.73. The average Bonchev–Trinajstić information content (AvgIpc) is 3.14. The second kappa shape index (κ2) is 9.88. The van der Waals surface area contributed by atoms with Gasteiger partial charge >= 0.3 is 0 Å². The first-order valence-corrected chi connectivity index (χ1v) is 9.91. The van der Waals surface area contributed by atoms with E-state index in [1.807, 2.05) is 28.8 Å². The van der Waals surface area contributed by atoms with Crippen molar-refractivity contribution in [1.82, 2.24) is 20.1 Å². The van der Waals surface area contributed by atoms with Gasteiger partial charge in [0.25, 0.3) is 0 Å². The number of halogens is 1. The minimum Gasteiger partial charge on any atom is -0.497 e. The first-order valence-electron chi connectivity index (χ1n) is 8.93. The highest BCUT2D eigenvalue weighted by Gasteiger charge is 2.15. The van der Waals surface area contributed by atoms with Gasteiger partial charge in [-0.1, -0.05) is 30.0 Å². The third kappa shape index (κ3) is 5.45. The zero-order valence-electron chi connectivity index (χ0n) is 16.0. The van der Waals surface area contributed by atoms with Gasteiger partial charge in [0.1, 0.15) is 11.6 Å². The molecule has 0 bridgehead atoms. The van der Waals surface area contributed by atoms with Crippen LogP contribution in [0, 0.1) is 5.82 Å². The summed E-state index contributed by atoms with van der Waals surface area (Å²) >= 11 is 1.30. The molecule has 0 saturated carbocycles. The predicted octanol–water partition coefficient (Wildman–Crippen LogP) is 3.69. The Labute approximate surface area is 172 Å². The number of carbonyl (C=O) groups excluding carboxylic acids is 1. The van der Waals surface area contributed by atoms with Gasteiger partial charge in [-0.05, 0) is 42.0 Å². The molecule has 8 heteroatoms. The molecular weight excluding hydrogens is 391 g/mol. The zero-order valence-corrected chi connectivity index (χ0v) is 16.8. The fourth-order valence-corrected chi connectivity index (χ4v) is 3.40. The Balaban J connectivity index is 1.63. The topological polar surface area (TPSA) is 69.0 Å². The van der Waals surface area contributed by atoms with Crippen LogP contribution in [0.25, 0.3) is 11.4 Å². The van der Waals surface area contributed by atoms with Crippen LogP contribution in [0.2, 0.25) is 0 Å². The summed E-state index contributed by atoms with van der Waals surface area (Å²) in [6.07, 6.45) is 1.76. The maximum Gasteiger partial charge on any atom is 0.230 e. The molecule has 0 aliphatic carbocycles. The SMILES string of the molecule is C=CCn1c(SCC(=O)NCc2ccc(F)cc2)nnc1-c1ccc(OC)cc1. The summed E-state index contributed by atoms with van der Waals surface area (Å²) in [5, 5.41) is 12.0. The molecule has 0 spiro atoms. The van der Waals surface area contributed by atoms with E-state index in [1.54, 1.807) is 25.3 Å². The van der Waals surface area contributed by atoms with Gasteiger partial charge in [0.15, 0.2) is 11.0 Å². The zero-order chi connectivity index (χ0) is 20.6. The molecule has 0 atom stereocenters. The summed E-state index contributed by atoms with van der Waals surface area (Å²) in [5.74, 6) is 1.21. The van der Waals surface area contributed by atoms with Crippen LogP contribution in [0.15, 0.2) is 66.3 Å². The number of benzene rings is 2. The second-order valence-corrected chi connectivity index (χ2v) is 7.07. The molecule has 0 saturated heterocycles. The first kappa shape index (κ1) is 20.6. The lowest BCUT2D eigenvalue weighted by molar-refractivity contribution is -0.118.